The number of aromatic nitrogens is 3. The van der Waals surface area contributed by atoms with Gasteiger partial charge >= 0.3 is 0 Å². The van der Waals surface area contributed by atoms with Crippen LogP contribution in [0, 0.1) is 0 Å². The molecule has 3 aromatic rings. The molecule has 1 fully saturated rings. The predicted molar refractivity (Wildman–Crippen MR) is 87.8 cm³/mol. The van der Waals surface area contributed by atoms with Gasteiger partial charge in [-0.2, -0.15) is 4.98 Å². The highest BCUT2D eigenvalue weighted by Crippen LogP contribution is 2.30. The van der Waals surface area contributed by atoms with E-state index in [-0.39, 0.29) is 6.10 Å². The number of ether oxygens (including phenoxy) is 2. The molecule has 0 bridgehead atoms. The third-order valence-electron chi connectivity index (χ3n) is 4.10. The van der Waals surface area contributed by atoms with E-state index in [2.05, 4.69) is 15.1 Å². The molecule has 2 aromatic heterocycles. The second-order valence-corrected chi connectivity index (χ2v) is 5.68. The van der Waals surface area contributed by atoms with E-state index in [9.17, 15) is 0 Å². The molecule has 0 unspecified atom stereocenters. The predicted octanol–water partition coefficient (Wildman–Crippen LogP) is 3.74. The van der Waals surface area contributed by atoms with Crippen molar-refractivity contribution in [2.45, 2.75) is 25.4 Å². The molecule has 0 N–H and O–H groups in total. The maximum atomic E-state index is 5.82. The summed E-state index contributed by atoms with van der Waals surface area (Å²) >= 11 is 0. The van der Waals surface area contributed by atoms with Crippen molar-refractivity contribution in [3.63, 3.8) is 0 Å². The molecule has 0 radical (unpaired) electrons. The number of pyridine rings is 1. The summed E-state index contributed by atoms with van der Waals surface area (Å²) in [4.78, 5) is 8.72. The number of nitrogens with zero attached hydrogens (tertiary/aromatic N) is 3. The summed E-state index contributed by atoms with van der Waals surface area (Å²) in [6, 6.07) is 11.2. The van der Waals surface area contributed by atoms with Crippen LogP contribution in [0.1, 0.15) is 19.3 Å². The van der Waals surface area contributed by atoms with E-state index in [0.717, 1.165) is 24.0 Å². The Kier molecular flexibility index (Phi) is 3.86. The van der Waals surface area contributed by atoms with Crippen molar-refractivity contribution in [1.29, 1.82) is 0 Å². The lowest BCUT2D eigenvalue weighted by molar-refractivity contribution is 0.114. The van der Waals surface area contributed by atoms with Gasteiger partial charge in [-0.25, -0.2) is 4.98 Å². The molecule has 6 nitrogen and oxygen atoms in total. The Bertz CT molecular complexity index is 843. The van der Waals surface area contributed by atoms with E-state index >= 15 is 0 Å². The summed E-state index contributed by atoms with van der Waals surface area (Å²) in [6.07, 6.45) is 5.36. The maximum Gasteiger partial charge on any atom is 0.258 e. The van der Waals surface area contributed by atoms with Crippen molar-refractivity contribution in [3.05, 3.63) is 42.6 Å². The Labute approximate surface area is 139 Å². The van der Waals surface area contributed by atoms with E-state index in [4.69, 9.17) is 14.0 Å². The minimum absolute atomic E-state index is 0.277. The molecule has 2 heterocycles. The van der Waals surface area contributed by atoms with Crippen LogP contribution in [0.15, 0.2) is 47.1 Å². The van der Waals surface area contributed by atoms with Crippen LogP contribution in [0.2, 0.25) is 0 Å². The molecule has 0 aliphatic heterocycles. The number of rotatable bonds is 5. The summed E-state index contributed by atoms with van der Waals surface area (Å²) in [5.41, 5.74) is 1.57. The van der Waals surface area contributed by atoms with Crippen LogP contribution in [-0.2, 0) is 0 Å². The average Bonchev–Trinajstić information content (AvgIpc) is 3.08. The smallest absolute Gasteiger partial charge is 0.258 e. The van der Waals surface area contributed by atoms with Crippen molar-refractivity contribution in [1.82, 2.24) is 15.1 Å². The molecular weight excluding hydrogens is 306 g/mol. The van der Waals surface area contributed by atoms with Crippen molar-refractivity contribution in [2.24, 2.45) is 0 Å². The van der Waals surface area contributed by atoms with Crippen molar-refractivity contribution >= 4 is 0 Å². The van der Waals surface area contributed by atoms with Crippen LogP contribution in [0.4, 0.5) is 0 Å². The monoisotopic (exact) mass is 323 g/mol. The largest absolute Gasteiger partial charge is 0.496 e. The average molecular weight is 323 g/mol. The molecule has 0 atom stereocenters. The van der Waals surface area contributed by atoms with Gasteiger partial charge in [0.1, 0.15) is 11.9 Å². The van der Waals surface area contributed by atoms with Crippen molar-refractivity contribution < 1.29 is 14.0 Å². The SMILES string of the molecule is COc1ccccc1-c1noc(-c2ccnc(OC3CCC3)c2)n1. The Hall–Kier alpha value is -2.89. The molecule has 4 rings (SSSR count). The first-order chi connectivity index (χ1) is 11.8. The quantitative estimate of drug-likeness (QED) is 0.712. The zero-order chi connectivity index (χ0) is 16.4. The molecule has 122 valence electrons. The van der Waals surface area contributed by atoms with Crippen LogP contribution < -0.4 is 9.47 Å². The molecule has 0 amide bonds. The fourth-order valence-electron chi connectivity index (χ4n) is 2.55. The molecule has 1 aliphatic carbocycles. The van der Waals surface area contributed by atoms with Crippen molar-refractivity contribution in [3.8, 4) is 34.5 Å². The molecule has 24 heavy (non-hydrogen) atoms. The summed E-state index contributed by atoms with van der Waals surface area (Å²) in [7, 11) is 1.62. The Balaban J connectivity index is 1.61. The van der Waals surface area contributed by atoms with Gasteiger partial charge in [-0.3, -0.25) is 0 Å². The van der Waals surface area contributed by atoms with Crippen LogP contribution in [-0.4, -0.2) is 28.3 Å². The highest BCUT2D eigenvalue weighted by molar-refractivity contribution is 5.65. The van der Waals surface area contributed by atoms with Crippen LogP contribution in [0.5, 0.6) is 11.6 Å². The zero-order valence-electron chi connectivity index (χ0n) is 13.3. The third kappa shape index (κ3) is 2.82. The molecule has 0 spiro atoms. The van der Waals surface area contributed by atoms with E-state index < -0.39 is 0 Å². The van der Waals surface area contributed by atoms with E-state index in [0.29, 0.717) is 23.3 Å². The first-order valence-electron chi connectivity index (χ1n) is 7.93. The van der Waals surface area contributed by atoms with Gasteiger partial charge in [-0.05, 0) is 37.5 Å². The molecule has 1 aromatic carbocycles. The Morgan fingerprint density at radius 3 is 2.83 bits per heavy atom. The van der Waals surface area contributed by atoms with Gasteiger partial charge in [0.05, 0.1) is 12.7 Å². The first-order valence-corrected chi connectivity index (χ1v) is 7.93. The Morgan fingerprint density at radius 2 is 2.04 bits per heavy atom. The Morgan fingerprint density at radius 1 is 1.17 bits per heavy atom. The fourth-order valence-corrected chi connectivity index (χ4v) is 2.55. The molecule has 1 aliphatic rings. The lowest BCUT2D eigenvalue weighted by atomic mass is 9.96. The number of hydrogen-bond acceptors (Lipinski definition) is 6. The second-order valence-electron chi connectivity index (χ2n) is 5.68. The standard InChI is InChI=1S/C18H17N3O3/c1-22-15-8-3-2-7-14(15)17-20-18(24-21-17)12-9-10-19-16(11-12)23-13-5-4-6-13/h2-3,7-11,13H,4-6H2,1H3. The van der Waals surface area contributed by atoms with Crippen LogP contribution in [0.3, 0.4) is 0 Å². The van der Waals surface area contributed by atoms with Gasteiger partial charge in [-0.1, -0.05) is 17.3 Å². The van der Waals surface area contributed by atoms with Gasteiger partial charge in [-0.15, -0.1) is 0 Å². The summed E-state index contributed by atoms with van der Waals surface area (Å²) in [6.45, 7) is 0. The van der Waals surface area contributed by atoms with E-state index in [1.165, 1.54) is 6.42 Å². The van der Waals surface area contributed by atoms with Gasteiger partial charge < -0.3 is 14.0 Å². The van der Waals surface area contributed by atoms with E-state index in [1.807, 2.05) is 36.4 Å². The molecular formula is C18H17N3O3. The highest BCUT2D eigenvalue weighted by Gasteiger charge is 2.20. The van der Waals surface area contributed by atoms with Crippen molar-refractivity contribution in [2.75, 3.05) is 7.11 Å². The van der Waals surface area contributed by atoms with Gasteiger partial charge in [0.25, 0.3) is 5.89 Å². The van der Waals surface area contributed by atoms with Gasteiger partial charge in [0, 0.05) is 17.8 Å². The molecule has 0 saturated heterocycles. The molecule has 6 heteroatoms. The first kappa shape index (κ1) is 14.7. The third-order valence-corrected chi connectivity index (χ3v) is 4.10. The second kappa shape index (κ2) is 6.31. The lowest BCUT2D eigenvalue weighted by Crippen LogP contribution is -2.24. The topological polar surface area (TPSA) is 70.3 Å². The summed E-state index contributed by atoms with van der Waals surface area (Å²) in [5, 5.41) is 4.06. The minimum atomic E-state index is 0.277. The summed E-state index contributed by atoms with van der Waals surface area (Å²) < 4.78 is 16.6. The number of para-hydroxylation sites is 1. The number of methoxy groups -OCH3 is 1. The zero-order valence-corrected chi connectivity index (χ0v) is 13.3. The summed E-state index contributed by atoms with van der Waals surface area (Å²) in [5.74, 6) is 2.21. The molecule has 1 saturated carbocycles. The maximum absolute atomic E-state index is 5.82. The number of hydrogen-bond donors (Lipinski definition) is 0. The number of benzene rings is 1. The fraction of sp³-hybridized carbons (Fsp3) is 0.278. The minimum Gasteiger partial charge on any atom is -0.496 e. The normalized spacial score (nSPS) is 14.2. The van der Waals surface area contributed by atoms with E-state index in [1.54, 1.807) is 13.3 Å². The van der Waals surface area contributed by atoms with Gasteiger partial charge in [0.2, 0.25) is 11.7 Å². The van der Waals surface area contributed by atoms with Crippen LogP contribution in [0.25, 0.3) is 22.8 Å². The van der Waals surface area contributed by atoms with Gasteiger partial charge in [0.15, 0.2) is 0 Å². The van der Waals surface area contributed by atoms with Crippen LogP contribution >= 0.6 is 0 Å². The highest BCUT2D eigenvalue weighted by atomic mass is 16.5. The lowest BCUT2D eigenvalue weighted by Gasteiger charge is -2.25.